The number of aryl methyl sites for hydroxylation is 1. The van der Waals surface area contributed by atoms with E-state index >= 15 is 0 Å². The van der Waals surface area contributed by atoms with E-state index in [-0.39, 0.29) is 5.91 Å². The number of nitrogens with one attached hydrogen (secondary N) is 1. The number of carbonyl (C=O) groups is 2. The molecule has 0 unspecified atom stereocenters. The number of nitrogens with zero attached hydrogens (tertiary/aromatic N) is 1. The maximum Gasteiger partial charge on any atom is 0.343 e. The van der Waals surface area contributed by atoms with Crippen molar-refractivity contribution in [2.45, 2.75) is 117 Å². The van der Waals surface area contributed by atoms with Crippen molar-refractivity contribution in [1.29, 1.82) is 0 Å². The number of hydrogen-bond donors (Lipinski definition) is 1. The highest BCUT2D eigenvalue weighted by Gasteiger charge is 2.12. The summed E-state index contributed by atoms with van der Waals surface area (Å²) in [6.07, 6.45) is 21.6. The molecule has 40 heavy (non-hydrogen) atoms. The van der Waals surface area contributed by atoms with Gasteiger partial charge in [0.1, 0.15) is 0 Å². The van der Waals surface area contributed by atoms with Crippen LogP contribution in [0.1, 0.15) is 131 Å². The van der Waals surface area contributed by atoms with Gasteiger partial charge in [-0.15, -0.1) is 0 Å². The van der Waals surface area contributed by atoms with Crippen molar-refractivity contribution in [3.8, 4) is 11.5 Å². The largest absolute Gasteiger partial charge is 0.493 e. The molecule has 0 saturated carbocycles. The zero-order valence-corrected chi connectivity index (χ0v) is 25.0. The van der Waals surface area contributed by atoms with Gasteiger partial charge in [-0.25, -0.2) is 10.2 Å². The number of benzene rings is 2. The Hall–Kier alpha value is -3.15. The van der Waals surface area contributed by atoms with Gasteiger partial charge in [-0.3, -0.25) is 4.79 Å². The molecule has 0 saturated heterocycles. The quantitative estimate of drug-likeness (QED) is 0.0553. The topological polar surface area (TPSA) is 77.0 Å². The number of carbonyl (C=O) groups excluding carboxylic acids is 2. The molecule has 0 aliphatic carbocycles. The van der Waals surface area contributed by atoms with Crippen molar-refractivity contribution in [3.05, 3.63) is 59.2 Å². The summed E-state index contributed by atoms with van der Waals surface area (Å²) in [6.45, 7) is 4.23. The van der Waals surface area contributed by atoms with Crippen LogP contribution in [-0.4, -0.2) is 25.2 Å². The first-order valence-electron chi connectivity index (χ1n) is 15.3. The van der Waals surface area contributed by atoms with Gasteiger partial charge in [-0.05, 0) is 49.2 Å². The molecule has 6 heteroatoms. The molecule has 2 aromatic rings. The first-order chi connectivity index (χ1) is 19.5. The molecule has 2 aromatic carbocycles. The number of esters is 1. The second-order valence-corrected chi connectivity index (χ2v) is 10.7. The van der Waals surface area contributed by atoms with Gasteiger partial charge in [-0.1, -0.05) is 115 Å². The smallest absolute Gasteiger partial charge is 0.343 e. The fourth-order valence-corrected chi connectivity index (χ4v) is 4.59. The molecule has 0 atom stereocenters. The van der Waals surface area contributed by atoms with E-state index in [0.29, 0.717) is 23.5 Å². The molecule has 0 aliphatic heterocycles. The summed E-state index contributed by atoms with van der Waals surface area (Å²) in [5, 5.41) is 4.06. The summed E-state index contributed by atoms with van der Waals surface area (Å²) in [5.74, 6) is 0.198. The maximum atomic E-state index is 12.4. The summed E-state index contributed by atoms with van der Waals surface area (Å²) < 4.78 is 10.9. The Morgan fingerprint density at radius 2 is 1.30 bits per heavy atom. The predicted molar refractivity (Wildman–Crippen MR) is 164 cm³/mol. The normalized spacial score (nSPS) is 11.1. The van der Waals surface area contributed by atoms with Gasteiger partial charge in [0.15, 0.2) is 11.5 Å². The van der Waals surface area contributed by atoms with Crippen LogP contribution >= 0.6 is 0 Å². The van der Waals surface area contributed by atoms with Crippen molar-refractivity contribution in [3.63, 3.8) is 0 Å². The third-order valence-electron chi connectivity index (χ3n) is 7.09. The van der Waals surface area contributed by atoms with Crippen molar-refractivity contribution in [2.24, 2.45) is 5.10 Å². The minimum Gasteiger partial charge on any atom is -0.493 e. The van der Waals surface area contributed by atoms with E-state index in [1.54, 1.807) is 36.5 Å². The Labute approximate surface area is 241 Å². The van der Waals surface area contributed by atoms with Crippen molar-refractivity contribution < 1.29 is 19.1 Å². The van der Waals surface area contributed by atoms with Gasteiger partial charge in [0.05, 0.1) is 18.9 Å². The van der Waals surface area contributed by atoms with Gasteiger partial charge in [-0.2, -0.15) is 5.10 Å². The standard InChI is InChI=1S/C34H50N2O4/c1-4-5-6-7-8-9-10-11-12-13-14-15-16-17-18-19-33(37)36-35-27-29-22-25-31(32(26-29)39-3)40-34(38)30-23-20-28(2)21-24-30/h20-27H,4-19H2,1-3H3,(H,36,37)/b35-27-. The summed E-state index contributed by atoms with van der Waals surface area (Å²) in [4.78, 5) is 24.5. The van der Waals surface area contributed by atoms with Crippen LogP contribution in [0.4, 0.5) is 0 Å². The van der Waals surface area contributed by atoms with Crippen LogP contribution in [0.15, 0.2) is 47.6 Å². The highest BCUT2D eigenvalue weighted by molar-refractivity contribution is 5.91. The fraction of sp³-hybridized carbons (Fsp3) is 0.559. The Morgan fingerprint density at radius 1 is 0.750 bits per heavy atom. The number of methoxy groups -OCH3 is 1. The van der Waals surface area contributed by atoms with Crippen molar-refractivity contribution in [1.82, 2.24) is 5.43 Å². The van der Waals surface area contributed by atoms with E-state index in [2.05, 4.69) is 17.5 Å². The van der Waals surface area contributed by atoms with Crippen LogP contribution in [0, 0.1) is 6.92 Å². The Balaban J connectivity index is 1.55. The van der Waals surface area contributed by atoms with Crippen LogP contribution in [0.5, 0.6) is 11.5 Å². The number of amides is 1. The van der Waals surface area contributed by atoms with Gasteiger partial charge in [0.2, 0.25) is 5.91 Å². The van der Waals surface area contributed by atoms with Gasteiger partial charge in [0, 0.05) is 6.42 Å². The van der Waals surface area contributed by atoms with Gasteiger partial charge >= 0.3 is 5.97 Å². The van der Waals surface area contributed by atoms with Crippen molar-refractivity contribution >= 4 is 18.1 Å². The lowest BCUT2D eigenvalue weighted by Crippen LogP contribution is -2.16. The number of rotatable bonds is 21. The Kier molecular flexibility index (Phi) is 17.1. The molecule has 6 nitrogen and oxygen atoms in total. The predicted octanol–water partition coefficient (Wildman–Crippen LogP) is 8.93. The Bertz CT molecular complexity index is 1020. The van der Waals surface area contributed by atoms with E-state index in [1.165, 1.54) is 90.6 Å². The fourth-order valence-electron chi connectivity index (χ4n) is 4.59. The van der Waals surface area contributed by atoms with Crippen LogP contribution in [0.3, 0.4) is 0 Å². The monoisotopic (exact) mass is 550 g/mol. The minimum atomic E-state index is -0.453. The highest BCUT2D eigenvalue weighted by atomic mass is 16.6. The summed E-state index contributed by atoms with van der Waals surface area (Å²) in [6, 6.07) is 12.3. The summed E-state index contributed by atoms with van der Waals surface area (Å²) in [5.41, 5.74) is 4.85. The zero-order valence-electron chi connectivity index (χ0n) is 25.0. The zero-order chi connectivity index (χ0) is 28.8. The minimum absolute atomic E-state index is 0.0819. The number of hydrogen-bond acceptors (Lipinski definition) is 5. The lowest BCUT2D eigenvalue weighted by atomic mass is 10.0. The summed E-state index contributed by atoms with van der Waals surface area (Å²) >= 11 is 0. The van der Waals surface area contributed by atoms with Crippen LogP contribution in [0.2, 0.25) is 0 Å². The third-order valence-corrected chi connectivity index (χ3v) is 7.09. The number of unbranched alkanes of at least 4 members (excludes halogenated alkanes) is 14. The molecule has 0 aliphatic rings. The number of ether oxygens (including phenoxy) is 2. The van der Waals surface area contributed by atoms with E-state index in [9.17, 15) is 9.59 Å². The second-order valence-electron chi connectivity index (χ2n) is 10.7. The maximum absolute atomic E-state index is 12.4. The lowest BCUT2D eigenvalue weighted by molar-refractivity contribution is -0.121. The van der Waals surface area contributed by atoms with E-state index in [1.807, 2.05) is 19.1 Å². The molecular weight excluding hydrogens is 500 g/mol. The number of hydrazone groups is 1. The summed E-state index contributed by atoms with van der Waals surface area (Å²) in [7, 11) is 1.51. The Morgan fingerprint density at radius 3 is 1.85 bits per heavy atom. The highest BCUT2D eigenvalue weighted by Crippen LogP contribution is 2.28. The van der Waals surface area contributed by atoms with Crippen LogP contribution in [0.25, 0.3) is 0 Å². The molecule has 0 heterocycles. The molecule has 220 valence electrons. The van der Waals surface area contributed by atoms with Gasteiger partial charge in [0.25, 0.3) is 0 Å². The third kappa shape index (κ3) is 14.3. The SMILES string of the molecule is CCCCCCCCCCCCCCCCCC(=O)N/N=C\c1ccc(OC(=O)c2ccc(C)cc2)c(OC)c1. The molecule has 0 bridgehead atoms. The van der Waals surface area contributed by atoms with E-state index in [4.69, 9.17) is 9.47 Å². The van der Waals surface area contributed by atoms with Crippen LogP contribution < -0.4 is 14.9 Å². The van der Waals surface area contributed by atoms with E-state index in [0.717, 1.165) is 24.0 Å². The molecule has 2 rings (SSSR count). The molecule has 0 fully saturated rings. The molecule has 0 radical (unpaired) electrons. The average molecular weight is 551 g/mol. The van der Waals surface area contributed by atoms with E-state index < -0.39 is 5.97 Å². The molecule has 1 amide bonds. The first-order valence-corrected chi connectivity index (χ1v) is 15.3. The lowest BCUT2D eigenvalue weighted by Gasteiger charge is -2.10. The van der Waals surface area contributed by atoms with Crippen molar-refractivity contribution in [2.75, 3.05) is 7.11 Å². The first kappa shape index (κ1) is 33.1. The van der Waals surface area contributed by atoms with Crippen LogP contribution in [-0.2, 0) is 4.79 Å². The second kappa shape index (κ2) is 20.7. The van der Waals surface area contributed by atoms with Gasteiger partial charge < -0.3 is 9.47 Å². The molecule has 1 N–H and O–H groups in total. The molecule has 0 aromatic heterocycles. The average Bonchev–Trinajstić information content (AvgIpc) is 2.96. The molecule has 0 spiro atoms. The molecular formula is C34H50N2O4.